The first-order valence-electron chi connectivity index (χ1n) is 9.48. The summed E-state index contributed by atoms with van der Waals surface area (Å²) < 4.78 is 24.4. The summed E-state index contributed by atoms with van der Waals surface area (Å²) in [6.07, 6.45) is 0.317. The van der Waals surface area contributed by atoms with Gasteiger partial charge in [-0.1, -0.05) is 23.7 Å². The highest BCUT2D eigenvalue weighted by molar-refractivity contribution is 6.30. The zero-order valence-corrected chi connectivity index (χ0v) is 17.8. The second-order valence-corrected chi connectivity index (χ2v) is 7.61. The summed E-state index contributed by atoms with van der Waals surface area (Å²) in [4.78, 5) is 25.9. The number of hydrogen-bond donors (Lipinski definition) is 1. The van der Waals surface area contributed by atoms with Gasteiger partial charge in [-0.05, 0) is 36.2 Å². The molecule has 3 rings (SSSR count). The molecule has 162 valence electrons. The molecule has 1 aliphatic heterocycles. The number of ether oxygens (including phenoxy) is 2. The lowest BCUT2D eigenvalue weighted by Gasteiger charge is -2.23. The van der Waals surface area contributed by atoms with Crippen molar-refractivity contribution in [3.63, 3.8) is 0 Å². The number of benzene rings is 2. The fourth-order valence-electron chi connectivity index (χ4n) is 3.65. The van der Waals surface area contributed by atoms with Crippen LogP contribution < -0.4 is 10.1 Å². The Morgan fingerprint density at radius 1 is 1.29 bits per heavy atom. The number of nitrogens with zero attached hydrogens (tertiary/aromatic N) is 2. The molecule has 0 aromatic heterocycles. The zero-order chi connectivity index (χ0) is 22.6. The smallest absolute Gasteiger partial charge is 0.341 e. The molecule has 0 saturated carbocycles. The summed E-state index contributed by atoms with van der Waals surface area (Å²) >= 11 is 5.82. The quantitative estimate of drug-likeness (QED) is 0.709. The Hall–Kier alpha value is -3.31. The van der Waals surface area contributed by atoms with Gasteiger partial charge in [-0.25, -0.2) is 14.0 Å². The topological polar surface area (TPSA) is 91.7 Å². The molecule has 9 heteroatoms. The van der Waals surface area contributed by atoms with Gasteiger partial charge in [0.25, 0.3) is 0 Å². The first kappa shape index (κ1) is 22.4. The molecule has 1 atom stereocenters. The molecule has 2 amide bonds. The first-order chi connectivity index (χ1) is 14.8. The minimum absolute atomic E-state index is 0.0679. The van der Waals surface area contributed by atoms with Crippen LogP contribution in [-0.4, -0.2) is 44.2 Å². The fourth-order valence-corrected chi connectivity index (χ4v) is 3.80. The van der Waals surface area contributed by atoms with Crippen molar-refractivity contribution in [3.05, 3.63) is 63.9 Å². The molecule has 2 aromatic carbocycles. The number of urea groups is 1. The average molecular weight is 446 g/mol. The molecule has 1 fully saturated rings. The fraction of sp³-hybridized carbons (Fsp3) is 0.318. The summed E-state index contributed by atoms with van der Waals surface area (Å²) in [7, 11) is 2.72. The molecule has 0 bridgehead atoms. The van der Waals surface area contributed by atoms with Gasteiger partial charge in [0.15, 0.2) is 0 Å². The van der Waals surface area contributed by atoms with E-state index >= 15 is 0 Å². The molecule has 1 unspecified atom stereocenters. The number of esters is 1. The van der Waals surface area contributed by atoms with Crippen molar-refractivity contribution in [2.45, 2.75) is 18.4 Å². The van der Waals surface area contributed by atoms with Crippen LogP contribution in [0.4, 0.5) is 9.18 Å². The molecule has 1 heterocycles. The molecular weight excluding hydrogens is 425 g/mol. The molecule has 0 aliphatic carbocycles. The highest BCUT2D eigenvalue weighted by Crippen LogP contribution is 2.36. The third-order valence-corrected chi connectivity index (χ3v) is 5.57. The molecule has 0 radical (unpaired) electrons. The number of carbonyl (C=O) groups is 2. The van der Waals surface area contributed by atoms with E-state index in [9.17, 15) is 19.2 Å². The van der Waals surface area contributed by atoms with Crippen LogP contribution in [0.1, 0.15) is 27.9 Å². The van der Waals surface area contributed by atoms with Gasteiger partial charge in [-0.3, -0.25) is 0 Å². The third-order valence-electron chi connectivity index (χ3n) is 5.33. The number of hydrogen-bond acceptors (Lipinski definition) is 5. The van der Waals surface area contributed by atoms with Crippen molar-refractivity contribution >= 4 is 23.6 Å². The molecule has 1 saturated heterocycles. The van der Waals surface area contributed by atoms with Gasteiger partial charge < -0.3 is 19.7 Å². The predicted molar refractivity (Wildman–Crippen MR) is 111 cm³/mol. The van der Waals surface area contributed by atoms with Crippen LogP contribution in [0.3, 0.4) is 0 Å². The number of nitriles is 1. The van der Waals surface area contributed by atoms with Gasteiger partial charge in [0.1, 0.15) is 22.5 Å². The average Bonchev–Trinajstić information content (AvgIpc) is 3.22. The van der Waals surface area contributed by atoms with Crippen molar-refractivity contribution in [2.24, 2.45) is 0 Å². The number of rotatable bonds is 5. The van der Waals surface area contributed by atoms with Crippen molar-refractivity contribution in [1.29, 1.82) is 5.26 Å². The number of amides is 2. The lowest BCUT2D eigenvalue weighted by molar-refractivity contribution is 0.0597. The highest BCUT2D eigenvalue weighted by atomic mass is 35.5. The Morgan fingerprint density at radius 2 is 2.06 bits per heavy atom. The lowest BCUT2D eigenvalue weighted by Crippen LogP contribution is -2.40. The second kappa shape index (κ2) is 9.23. The Bertz CT molecular complexity index is 1060. The molecule has 1 aliphatic rings. The van der Waals surface area contributed by atoms with Crippen molar-refractivity contribution in [1.82, 2.24) is 10.2 Å². The van der Waals surface area contributed by atoms with E-state index in [0.717, 1.165) is 0 Å². The van der Waals surface area contributed by atoms with E-state index in [1.54, 1.807) is 18.2 Å². The summed E-state index contributed by atoms with van der Waals surface area (Å²) in [5, 5.41) is 12.8. The van der Waals surface area contributed by atoms with E-state index in [4.69, 9.17) is 21.1 Å². The minimum Gasteiger partial charge on any atom is -0.496 e. The first-order valence-corrected chi connectivity index (χ1v) is 9.86. The number of halogens is 2. The van der Waals surface area contributed by atoms with E-state index in [1.165, 1.54) is 37.3 Å². The molecular formula is C22H21ClFN3O4. The zero-order valence-electron chi connectivity index (χ0n) is 17.1. The summed E-state index contributed by atoms with van der Waals surface area (Å²) in [5.74, 6) is -0.748. The number of carbonyl (C=O) groups excluding carboxylic acids is 2. The Balaban J connectivity index is 1.68. The summed E-state index contributed by atoms with van der Waals surface area (Å²) in [6, 6.07) is 10.9. The van der Waals surface area contributed by atoms with Gasteiger partial charge in [0.05, 0.1) is 20.3 Å². The van der Waals surface area contributed by atoms with Gasteiger partial charge in [0, 0.05) is 30.2 Å². The predicted octanol–water partition coefficient (Wildman–Crippen LogP) is 3.65. The molecule has 1 N–H and O–H groups in total. The normalized spacial score (nSPS) is 17.7. The van der Waals surface area contributed by atoms with E-state index in [1.807, 2.05) is 0 Å². The number of likely N-dealkylation sites (tertiary alicyclic amines) is 1. The minimum atomic E-state index is -1.13. The van der Waals surface area contributed by atoms with Gasteiger partial charge in [-0.15, -0.1) is 0 Å². The summed E-state index contributed by atoms with van der Waals surface area (Å²) in [5.41, 5.74) is 0.103. The van der Waals surface area contributed by atoms with Crippen molar-refractivity contribution in [3.8, 4) is 11.8 Å². The largest absolute Gasteiger partial charge is 0.496 e. The van der Waals surface area contributed by atoms with Gasteiger partial charge >= 0.3 is 12.0 Å². The van der Waals surface area contributed by atoms with Crippen molar-refractivity contribution in [2.75, 3.05) is 27.3 Å². The monoisotopic (exact) mass is 445 g/mol. The standard InChI is InChI=1S/C22H21ClFN3O4/c1-30-19-9-14(3-5-16(19)20(28)31-2)11-26-21(29)27-8-7-22(12-25,13-27)17-6-4-15(23)10-18(17)24/h3-6,9-10H,7-8,11,13H2,1-2H3,(H,26,29). The van der Waals surface area contributed by atoms with Crippen LogP contribution in [0.5, 0.6) is 5.75 Å². The molecule has 7 nitrogen and oxygen atoms in total. The maximum Gasteiger partial charge on any atom is 0.341 e. The maximum absolute atomic E-state index is 14.4. The van der Waals surface area contributed by atoms with Crippen LogP contribution >= 0.6 is 11.6 Å². The van der Waals surface area contributed by atoms with Gasteiger partial charge in [0.2, 0.25) is 0 Å². The number of nitrogens with one attached hydrogen (secondary N) is 1. The number of methoxy groups -OCH3 is 2. The van der Waals surface area contributed by atoms with Gasteiger partial charge in [-0.2, -0.15) is 5.26 Å². The van der Waals surface area contributed by atoms with Crippen LogP contribution in [0.2, 0.25) is 5.02 Å². The van der Waals surface area contributed by atoms with Crippen LogP contribution in [-0.2, 0) is 16.7 Å². The molecule has 2 aromatic rings. The van der Waals surface area contributed by atoms with E-state index < -0.39 is 17.2 Å². The molecule has 31 heavy (non-hydrogen) atoms. The Labute approximate surface area is 184 Å². The van der Waals surface area contributed by atoms with Crippen LogP contribution in [0, 0.1) is 17.1 Å². The van der Waals surface area contributed by atoms with Crippen LogP contribution in [0.15, 0.2) is 36.4 Å². The maximum atomic E-state index is 14.4. The third kappa shape index (κ3) is 4.57. The summed E-state index contributed by atoms with van der Waals surface area (Å²) in [6.45, 7) is 0.562. The van der Waals surface area contributed by atoms with E-state index in [2.05, 4.69) is 11.4 Å². The van der Waals surface area contributed by atoms with E-state index in [-0.39, 0.29) is 35.3 Å². The Morgan fingerprint density at radius 3 is 2.71 bits per heavy atom. The second-order valence-electron chi connectivity index (χ2n) is 7.17. The molecule has 0 spiro atoms. The Kier molecular flexibility index (Phi) is 6.66. The van der Waals surface area contributed by atoms with E-state index in [0.29, 0.717) is 24.3 Å². The lowest BCUT2D eigenvalue weighted by atomic mass is 9.81. The SMILES string of the molecule is COC(=O)c1ccc(CNC(=O)N2CCC(C#N)(c3ccc(Cl)cc3F)C2)cc1OC. The highest BCUT2D eigenvalue weighted by Gasteiger charge is 2.43. The van der Waals surface area contributed by atoms with Crippen LogP contribution in [0.25, 0.3) is 0 Å². The van der Waals surface area contributed by atoms with Crippen molar-refractivity contribution < 1.29 is 23.5 Å².